The van der Waals surface area contributed by atoms with Gasteiger partial charge in [0, 0.05) is 6.54 Å². The first-order chi connectivity index (χ1) is 6.94. The maximum atomic E-state index is 11.8. The van der Waals surface area contributed by atoms with Gasteiger partial charge in [-0.3, -0.25) is 4.79 Å². The van der Waals surface area contributed by atoms with Gasteiger partial charge in [-0.25, -0.2) is 0 Å². The standard InChI is InChI=1S/C11H17NO2S/c1-11(2,3)14-10(13)9(6-12)8-4-5-15-7-8/h4-5,7,9H,6,12H2,1-3H3. The number of rotatable bonds is 3. The molecule has 0 saturated heterocycles. The van der Waals surface area contributed by atoms with Crippen LogP contribution in [0.1, 0.15) is 32.3 Å². The highest BCUT2D eigenvalue weighted by atomic mass is 32.1. The lowest BCUT2D eigenvalue weighted by atomic mass is 10.0. The summed E-state index contributed by atoms with van der Waals surface area (Å²) in [6, 6.07) is 1.91. The Kier molecular flexibility index (Phi) is 3.88. The molecule has 0 aliphatic rings. The van der Waals surface area contributed by atoms with Crippen molar-refractivity contribution in [3.63, 3.8) is 0 Å². The first kappa shape index (κ1) is 12.2. The van der Waals surface area contributed by atoms with Gasteiger partial charge >= 0.3 is 5.97 Å². The molecule has 4 heteroatoms. The summed E-state index contributed by atoms with van der Waals surface area (Å²) in [4.78, 5) is 11.8. The lowest BCUT2D eigenvalue weighted by Crippen LogP contribution is -2.30. The molecule has 1 unspecified atom stereocenters. The summed E-state index contributed by atoms with van der Waals surface area (Å²) in [6.45, 7) is 5.84. The molecule has 0 bridgehead atoms. The quantitative estimate of drug-likeness (QED) is 0.805. The average Bonchev–Trinajstić information content (AvgIpc) is 2.54. The Hall–Kier alpha value is -0.870. The van der Waals surface area contributed by atoms with E-state index in [9.17, 15) is 4.79 Å². The number of carbonyl (C=O) groups is 1. The summed E-state index contributed by atoms with van der Waals surface area (Å²) in [5.74, 6) is -0.584. The van der Waals surface area contributed by atoms with E-state index in [0.29, 0.717) is 0 Å². The Balaban J connectivity index is 2.72. The van der Waals surface area contributed by atoms with Gasteiger partial charge in [0.2, 0.25) is 0 Å². The fraction of sp³-hybridized carbons (Fsp3) is 0.545. The maximum Gasteiger partial charge on any atom is 0.315 e. The topological polar surface area (TPSA) is 52.3 Å². The Morgan fingerprint density at radius 1 is 1.60 bits per heavy atom. The van der Waals surface area contributed by atoms with E-state index in [4.69, 9.17) is 10.5 Å². The maximum absolute atomic E-state index is 11.8. The van der Waals surface area contributed by atoms with Crippen molar-refractivity contribution in [1.29, 1.82) is 0 Å². The van der Waals surface area contributed by atoms with Crippen LogP contribution in [-0.4, -0.2) is 18.1 Å². The molecule has 1 rings (SSSR count). The molecule has 0 spiro atoms. The Morgan fingerprint density at radius 2 is 2.27 bits per heavy atom. The molecule has 0 aliphatic heterocycles. The molecule has 0 saturated carbocycles. The van der Waals surface area contributed by atoms with Crippen molar-refractivity contribution in [2.75, 3.05) is 6.54 Å². The van der Waals surface area contributed by atoms with Crippen molar-refractivity contribution in [2.24, 2.45) is 5.73 Å². The van der Waals surface area contributed by atoms with Crippen LogP contribution in [0.5, 0.6) is 0 Å². The van der Waals surface area contributed by atoms with Crippen LogP contribution in [0.2, 0.25) is 0 Å². The van der Waals surface area contributed by atoms with Crippen molar-refractivity contribution in [2.45, 2.75) is 32.3 Å². The second-order valence-electron chi connectivity index (χ2n) is 4.38. The second-order valence-corrected chi connectivity index (χ2v) is 5.16. The van der Waals surface area contributed by atoms with Gasteiger partial charge in [-0.05, 0) is 43.2 Å². The molecule has 0 fully saturated rings. The molecule has 3 nitrogen and oxygen atoms in total. The number of nitrogens with two attached hydrogens (primary N) is 1. The van der Waals surface area contributed by atoms with Crippen LogP contribution >= 0.6 is 11.3 Å². The highest BCUT2D eigenvalue weighted by Gasteiger charge is 2.25. The molecule has 2 N–H and O–H groups in total. The Bertz CT molecular complexity index is 314. The molecule has 1 heterocycles. The van der Waals surface area contributed by atoms with Crippen molar-refractivity contribution in [1.82, 2.24) is 0 Å². The van der Waals surface area contributed by atoms with Gasteiger partial charge in [-0.1, -0.05) is 0 Å². The van der Waals surface area contributed by atoms with Gasteiger partial charge in [0.05, 0.1) is 5.92 Å². The van der Waals surface area contributed by atoms with Gasteiger partial charge in [0.25, 0.3) is 0 Å². The molecule has 1 atom stereocenters. The summed E-state index contributed by atoms with van der Waals surface area (Å²) < 4.78 is 5.30. The van der Waals surface area contributed by atoms with Crippen LogP contribution in [0.3, 0.4) is 0 Å². The fourth-order valence-electron chi connectivity index (χ4n) is 1.21. The van der Waals surface area contributed by atoms with Gasteiger partial charge in [-0.15, -0.1) is 0 Å². The van der Waals surface area contributed by atoms with Crippen LogP contribution in [0.15, 0.2) is 16.8 Å². The van der Waals surface area contributed by atoms with Crippen LogP contribution in [-0.2, 0) is 9.53 Å². The van der Waals surface area contributed by atoms with Crippen LogP contribution in [0, 0.1) is 0 Å². The monoisotopic (exact) mass is 227 g/mol. The third kappa shape index (κ3) is 3.64. The number of hydrogen-bond donors (Lipinski definition) is 1. The first-order valence-electron chi connectivity index (χ1n) is 4.89. The first-order valence-corrected chi connectivity index (χ1v) is 5.83. The normalized spacial score (nSPS) is 13.6. The SMILES string of the molecule is CC(C)(C)OC(=O)C(CN)c1ccsc1. The third-order valence-electron chi connectivity index (χ3n) is 1.87. The summed E-state index contributed by atoms with van der Waals surface area (Å²) in [7, 11) is 0. The fourth-order valence-corrected chi connectivity index (χ4v) is 1.93. The molecule has 0 aliphatic carbocycles. The molecular formula is C11H17NO2S. The minimum absolute atomic E-state index is 0.247. The van der Waals surface area contributed by atoms with E-state index in [0.717, 1.165) is 5.56 Å². The molecule has 0 radical (unpaired) electrons. The second kappa shape index (κ2) is 4.77. The van der Waals surface area contributed by atoms with Crippen molar-refractivity contribution < 1.29 is 9.53 Å². The summed E-state index contributed by atoms with van der Waals surface area (Å²) in [5, 5.41) is 3.86. The number of thiophene rings is 1. The highest BCUT2D eigenvalue weighted by molar-refractivity contribution is 7.08. The third-order valence-corrected chi connectivity index (χ3v) is 2.57. The summed E-state index contributed by atoms with van der Waals surface area (Å²) in [5.41, 5.74) is 6.07. The van der Waals surface area contributed by atoms with E-state index in [1.807, 2.05) is 37.6 Å². The van der Waals surface area contributed by atoms with Gasteiger partial charge in [-0.2, -0.15) is 11.3 Å². The van der Waals surface area contributed by atoms with Crippen LogP contribution in [0.4, 0.5) is 0 Å². The van der Waals surface area contributed by atoms with Crippen molar-refractivity contribution in [3.05, 3.63) is 22.4 Å². The zero-order valence-corrected chi connectivity index (χ0v) is 10.1. The van der Waals surface area contributed by atoms with Crippen LogP contribution < -0.4 is 5.73 Å². The molecule has 1 aromatic rings. The van der Waals surface area contributed by atoms with Crippen LogP contribution in [0.25, 0.3) is 0 Å². The summed E-state index contributed by atoms with van der Waals surface area (Å²) >= 11 is 1.56. The van der Waals surface area contributed by atoms with E-state index in [-0.39, 0.29) is 18.4 Å². The van der Waals surface area contributed by atoms with Gasteiger partial charge < -0.3 is 10.5 Å². The number of carbonyl (C=O) groups excluding carboxylic acids is 1. The lowest BCUT2D eigenvalue weighted by Gasteiger charge is -2.22. The Labute approximate surface area is 94.2 Å². The average molecular weight is 227 g/mol. The zero-order chi connectivity index (χ0) is 11.5. The largest absolute Gasteiger partial charge is 0.459 e. The Morgan fingerprint density at radius 3 is 2.67 bits per heavy atom. The minimum atomic E-state index is -0.458. The number of esters is 1. The van der Waals surface area contributed by atoms with E-state index >= 15 is 0 Å². The van der Waals surface area contributed by atoms with E-state index in [1.165, 1.54) is 0 Å². The van der Waals surface area contributed by atoms with E-state index in [1.54, 1.807) is 11.3 Å². The van der Waals surface area contributed by atoms with Gasteiger partial charge in [0.15, 0.2) is 0 Å². The summed E-state index contributed by atoms with van der Waals surface area (Å²) in [6.07, 6.45) is 0. The van der Waals surface area contributed by atoms with Crippen molar-refractivity contribution >= 4 is 17.3 Å². The molecule has 15 heavy (non-hydrogen) atoms. The molecule has 1 aromatic heterocycles. The predicted octanol–water partition coefficient (Wildman–Crippen LogP) is 2.13. The molecule has 0 amide bonds. The highest BCUT2D eigenvalue weighted by Crippen LogP contribution is 2.21. The van der Waals surface area contributed by atoms with E-state index < -0.39 is 5.60 Å². The molecular weight excluding hydrogens is 210 g/mol. The lowest BCUT2D eigenvalue weighted by molar-refractivity contribution is -0.156. The van der Waals surface area contributed by atoms with E-state index in [2.05, 4.69) is 0 Å². The predicted molar refractivity (Wildman–Crippen MR) is 62.0 cm³/mol. The smallest absolute Gasteiger partial charge is 0.315 e. The molecule has 84 valence electrons. The zero-order valence-electron chi connectivity index (χ0n) is 9.32. The van der Waals surface area contributed by atoms with Crippen molar-refractivity contribution in [3.8, 4) is 0 Å². The number of ether oxygens (including phenoxy) is 1. The molecule has 0 aromatic carbocycles. The number of hydrogen-bond acceptors (Lipinski definition) is 4. The van der Waals surface area contributed by atoms with Gasteiger partial charge in [0.1, 0.15) is 5.60 Å². The minimum Gasteiger partial charge on any atom is -0.459 e.